The standard InChI is InChI=1S/C22H24ClN5O4/c1-5-31-22(29)32-9-7-6-8-15-11-28(20-17(15)19(23)26-21(24)27-20)12-16-14(3)18(30-4)13(2)10-25-16/h10-11H,5,7,9,12H2,1-4H3,(H2,24,26,27). The maximum atomic E-state index is 11.2. The molecule has 10 heteroatoms. The molecule has 0 aromatic carbocycles. The van der Waals surface area contributed by atoms with Crippen LogP contribution in [0.5, 0.6) is 5.75 Å². The predicted octanol–water partition coefficient (Wildman–Crippen LogP) is 3.65. The monoisotopic (exact) mass is 457 g/mol. The van der Waals surface area contributed by atoms with E-state index in [9.17, 15) is 4.79 Å². The molecule has 32 heavy (non-hydrogen) atoms. The van der Waals surface area contributed by atoms with Crippen molar-refractivity contribution >= 4 is 34.7 Å². The highest BCUT2D eigenvalue weighted by molar-refractivity contribution is 6.34. The van der Waals surface area contributed by atoms with Gasteiger partial charge in [0, 0.05) is 29.9 Å². The van der Waals surface area contributed by atoms with Crippen LogP contribution in [0.4, 0.5) is 10.7 Å². The SMILES string of the molecule is CCOC(=O)OCCC#Cc1cn(Cc2ncc(C)c(OC)c2C)c2nc(N)nc(Cl)c12. The lowest BCUT2D eigenvalue weighted by atomic mass is 10.1. The summed E-state index contributed by atoms with van der Waals surface area (Å²) in [4.78, 5) is 24.2. The van der Waals surface area contributed by atoms with E-state index in [2.05, 4.69) is 26.8 Å². The van der Waals surface area contributed by atoms with Crippen molar-refractivity contribution in [2.45, 2.75) is 33.7 Å². The summed E-state index contributed by atoms with van der Waals surface area (Å²) in [5, 5.41) is 0.806. The van der Waals surface area contributed by atoms with Crippen LogP contribution in [0.3, 0.4) is 0 Å². The Morgan fingerprint density at radius 3 is 2.78 bits per heavy atom. The molecule has 3 aromatic rings. The lowest BCUT2D eigenvalue weighted by Gasteiger charge is -2.13. The van der Waals surface area contributed by atoms with E-state index in [4.69, 9.17) is 31.5 Å². The second-order valence-electron chi connectivity index (χ2n) is 6.87. The molecule has 0 atom stereocenters. The van der Waals surface area contributed by atoms with Gasteiger partial charge in [-0.25, -0.2) is 9.78 Å². The number of pyridine rings is 1. The van der Waals surface area contributed by atoms with Crippen LogP contribution in [0.15, 0.2) is 12.4 Å². The van der Waals surface area contributed by atoms with Crippen LogP contribution in [0.2, 0.25) is 5.15 Å². The van der Waals surface area contributed by atoms with Gasteiger partial charge in [0.2, 0.25) is 5.95 Å². The number of hydrogen-bond donors (Lipinski definition) is 1. The van der Waals surface area contributed by atoms with Gasteiger partial charge >= 0.3 is 6.16 Å². The fraction of sp³-hybridized carbons (Fsp3) is 0.364. The number of hydrogen-bond acceptors (Lipinski definition) is 8. The summed E-state index contributed by atoms with van der Waals surface area (Å²) in [6, 6.07) is 0. The lowest BCUT2D eigenvalue weighted by molar-refractivity contribution is 0.0607. The van der Waals surface area contributed by atoms with Crippen LogP contribution >= 0.6 is 11.6 Å². The number of aryl methyl sites for hydroxylation is 1. The molecule has 0 spiro atoms. The minimum absolute atomic E-state index is 0.0652. The molecule has 3 rings (SSSR count). The number of ether oxygens (including phenoxy) is 3. The van der Waals surface area contributed by atoms with Crippen LogP contribution in [-0.2, 0) is 16.0 Å². The Morgan fingerprint density at radius 1 is 1.28 bits per heavy atom. The molecule has 0 aliphatic rings. The minimum atomic E-state index is -0.714. The molecule has 0 fully saturated rings. The number of halogens is 1. The van der Waals surface area contributed by atoms with Crippen molar-refractivity contribution in [3.8, 4) is 17.6 Å². The van der Waals surface area contributed by atoms with Gasteiger partial charge in [-0.05, 0) is 20.8 Å². The fourth-order valence-electron chi connectivity index (χ4n) is 3.27. The van der Waals surface area contributed by atoms with Crippen molar-refractivity contribution in [1.29, 1.82) is 0 Å². The molecule has 0 saturated heterocycles. The molecular formula is C22H24ClN5O4. The van der Waals surface area contributed by atoms with Gasteiger partial charge in [-0.1, -0.05) is 23.4 Å². The molecule has 0 amide bonds. The predicted molar refractivity (Wildman–Crippen MR) is 121 cm³/mol. The van der Waals surface area contributed by atoms with E-state index >= 15 is 0 Å². The van der Waals surface area contributed by atoms with Gasteiger partial charge in [0.1, 0.15) is 23.2 Å². The Morgan fingerprint density at radius 2 is 2.06 bits per heavy atom. The molecular weight excluding hydrogens is 434 g/mol. The number of methoxy groups -OCH3 is 1. The number of fused-ring (bicyclic) bond motifs is 1. The maximum absolute atomic E-state index is 11.2. The summed E-state index contributed by atoms with van der Waals surface area (Å²) in [7, 11) is 1.64. The zero-order valence-corrected chi connectivity index (χ0v) is 19.1. The van der Waals surface area contributed by atoms with Crippen molar-refractivity contribution < 1.29 is 19.0 Å². The number of carbonyl (C=O) groups is 1. The van der Waals surface area contributed by atoms with E-state index < -0.39 is 6.16 Å². The highest BCUT2D eigenvalue weighted by atomic mass is 35.5. The molecule has 0 unspecified atom stereocenters. The molecule has 3 heterocycles. The number of anilines is 1. The molecule has 0 aliphatic heterocycles. The molecule has 0 radical (unpaired) electrons. The highest BCUT2D eigenvalue weighted by Gasteiger charge is 2.17. The second kappa shape index (κ2) is 10.2. The van der Waals surface area contributed by atoms with Gasteiger partial charge in [0.15, 0.2) is 0 Å². The average Bonchev–Trinajstić information content (AvgIpc) is 3.08. The zero-order valence-electron chi connectivity index (χ0n) is 18.4. The molecule has 0 saturated carbocycles. The van der Waals surface area contributed by atoms with Crippen LogP contribution in [0, 0.1) is 25.7 Å². The van der Waals surface area contributed by atoms with Crippen molar-refractivity contribution in [2.24, 2.45) is 0 Å². The smallest absolute Gasteiger partial charge is 0.496 e. The van der Waals surface area contributed by atoms with E-state index in [1.807, 2.05) is 24.6 Å². The quantitative estimate of drug-likeness (QED) is 0.258. The van der Waals surface area contributed by atoms with Gasteiger partial charge in [-0.3, -0.25) is 4.98 Å². The summed E-state index contributed by atoms with van der Waals surface area (Å²) in [5.41, 5.74) is 9.73. The molecule has 2 N–H and O–H groups in total. The van der Waals surface area contributed by atoms with Crippen molar-refractivity contribution in [2.75, 3.05) is 26.1 Å². The normalized spacial score (nSPS) is 10.5. The van der Waals surface area contributed by atoms with E-state index in [0.29, 0.717) is 29.6 Å². The van der Waals surface area contributed by atoms with Crippen LogP contribution < -0.4 is 10.5 Å². The van der Waals surface area contributed by atoms with E-state index in [1.165, 1.54) is 0 Å². The van der Waals surface area contributed by atoms with Gasteiger partial charge in [0.05, 0.1) is 36.9 Å². The Balaban J connectivity index is 1.92. The topological polar surface area (TPSA) is 114 Å². The number of nitrogen functional groups attached to an aromatic ring is 1. The number of rotatable bonds is 6. The number of carbonyl (C=O) groups excluding carboxylic acids is 1. The van der Waals surface area contributed by atoms with Crippen LogP contribution in [-0.4, -0.2) is 46.0 Å². The summed E-state index contributed by atoms with van der Waals surface area (Å²) in [6.07, 6.45) is 3.22. The Hall–Kier alpha value is -3.51. The van der Waals surface area contributed by atoms with Gasteiger partial charge in [-0.15, -0.1) is 0 Å². The number of nitrogens with two attached hydrogens (primary N) is 1. The Labute approximate surface area is 190 Å². The van der Waals surface area contributed by atoms with Crippen molar-refractivity contribution in [3.63, 3.8) is 0 Å². The Bertz CT molecular complexity index is 1210. The van der Waals surface area contributed by atoms with E-state index in [1.54, 1.807) is 20.2 Å². The number of aromatic nitrogens is 4. The summed E-state index contributed by atoms with van der Waals surface area (Å²) >= 11 is 6.37. The molecule has 3 aromatic heterocycles. The molecule has 9 nitrogen and oxygen atoms in total. The third kappa shape index (κ3) is 5.03. The third-order valence-electron chi connectivity index (χ3n) is 4.69. The van der Waals surface area contributed by atoms with Gasteiger partial charge in [0.25, 0.3) is 0 Å². The van der Waals surface area contributed by atoms with E-state index in [0.717, 1.165) is 22.6 Å². The maximum Gasteiger partial charge on any atom is 0.508 e. The summed E-state index contributed by atoms with van der Waals surface area (Å²) in [5.74, 6) is 6.88. The summed E-state index contributed by atoms with van der Waals surface area (Å²) in [6.45, 7) is 6.40. The lowest BCUT2D eigenvalue weighted by Crippen LogP contribution is -2.07. The fourth-order valence-corrected chi connectivity index (χ4v) is 3.54. The highest BCUT2D eigenvalue weighted by Crippen LogP contribution is 2.29. The molecule has 168 valence electrons. The second-order valence-corrected chi connectivity index (χ2v) is 7.23. The Kier molecular flexibility index (Phi) is 7.38. The third-order valence-corrected chi connectivity index (χ3v) is 4.96. The first-order valence-electron chi connectivity index (χ1n) is 9.95. The van der Waals surface area contributed by atoms with Gasteiger partial charge < -0.3 is 24.5 Å². The first-order chi connectivity index (χ1) is 15.3. The zero-order chi connectivity index (χ0) is 23.3. The van der Waals surface area contributed by atoms with E-state index in [-0.39, 0.29) is 24.3 Å². The summed E-state index contributed by atoms with van der Waals surface area (Å²) < 4.78 is 17.0. The average molecular weight is 458 g/mol. The molecule has 0 bridgehead atoms. The first kappa shape index (κ1) is 23.2. The van der Waals surface area contributed by atoms with Crippen LogP contribution in [0.25, 0.3) is 11.0 Å². The van der Waals surface area contributed by atoms with Crippen LogP contribution in [0.1, 0.15) is 35.7 Å². The first-order valence-corrected chi connectivity index (χ1v) is 10.3. The van der Waals surface area contributed by atoms with Gasteiger partial charge in [-0.2, -0.15) is 4.98 Å². The number of nitrogens with zero attached hydrogens (tertiary/aromatic N) is 4. The molecule has 0 aliphatic carbocycles. The largest absolute Gasteiger partial charge is 0.508 e. The van der Waals surface area contributed by atoms with Crippen molar-refractivity contribution in [1.82, 2.24) is 19.5 Å². The van der Waals surface area contributed by atoms with Crippen molar-refractivity contribution in [3.05, 3.63) is 39.9 Å². The minimum Gasteiger partial charge on any atom is -0.496 e.